The topological polar surface area (TPSA) is 104 Å². The summed E-state index contributed by atoms with van der Waals surface area (Å²) in [5.41, 5.74) is 2.10. The molecule has 0 spiro atoms. The minimum absolute atomic E-state index is 0.116. The second-order valence-corrected chi connectivity index (χ2v) is 9.35. The van der Waals surface area contributed by atoms with Gasteiger partial charge in [-0.1, -0.05) is 66.7 Å². The van der Waals surface area contributed by atoms with Gasteiger partial charge in [-0.3, -0.25) is 14.3 Å². The Morgan fingerprint density at radius 2 is 1.34 bits per heavy atom. The molecule has 35 heavy (non-hydrogen) atoms. The molecule has 3 N–H and O–H groups in total. The van der Waals surface area contributed by atoms with E-state index >= 15 is 0 Å². The van der Waals surface area contributed by atoms with Crippen molar-refractivity contribution >= 4 is 33.2 Å². The molecule has 4 aromatic carbocycles. The quantitative estimate of drug-likeness (QED) is 0.337. The van der Waals surface area contributed by atoms with Crippen molar-refractivity contribution in [1.29, 1.82) is 0 Å². The first-order valence-electron chi connectivity index (χ1n) is 10.8. The molecule has 0 saturated carbocycles. The van der Waals surface area contributed by atoms with E-state index in [1.54, 1.807) is 60.7 Å². The Morgan fingerprint density at radius 1 is 0.686 bits per heavy atom. The lowest BCUT2D eigenvalue weighted by Gasteiger charge is -2.13. The summed E-state index contributed by atoms with van der Waals surface area (Å²) in [6, 6.07) is 30.3. The summed E-state index contributed by atoms with van der Waals surface area (Å²) >= 11 is 0. The van der Waals surface area contributed by atoms with Crippen molar-refractivity contribution in [3.05, 3.63) is 126 Å². The zero-order chi connectivity index (χ0) is 24.7. The Labute approximate surface area is 203 Å². The van der Waals surface area contributed by atoms with Gasteiger partial charge in [-0.25, -0.2) is 8.42 Å². The molecule has 0 radical (unpaired) electrons. The van der Waals surface area contributed by atoms with Crippen molar-refractivity contribution in [2.75, 3.05) is 10.0 Å². The van der Waals surface area contributed by atoms with E-state index < -0.39 is 15.9 Å². The molecule has 0 aromatic heterocycles. The van der Waals surface area contributed by atoms with Crippen LogP contribution in [0.2, 0.25) is 0 Å². The fourth-order valence-electron chi connectivity index (χ4n) is 3.40. The zero-order valence-electron chi connectivity index (χ0n) is 18.6. The Hall–Kier alpha value is -4.43. The molecular weight excluding hydrogens is 462 g/mol. The first-order chi connectivity index (χ1) is 16.9. The highest BCUT2D eigenvalue weighted by atomic mass is 32.2. The molecule has 0 heterocycles. The summed E-state index contributed by atoms with van der Waals surface area (Å²) in [5.74, 6) is -0.803. The van der Waals surface area contributed by atoms with Gasteiger partial charge in [0.15, 0.2) is 0 Å². The van der Waals surface area contributed by atoms with Crippen molar-refractivity contribution in [3.63, 3.8) is 0 Å². The standard InChI is InChI=1S/C27H23N3O4S/c31-26(21-12-9-13-22(18-21)30-35(33,34)23-14-5-2-6-15-23)29-25-17-8-7-16-24(25)27(32)28-19-20-10-3-1-4-11-20/h1-18,30H,19H2,(H,28,32)(H,29,31). The normalized spacial score (nSPS) is 10.9. The van der Waals surface area contributed by atoms with Crippen LogP contribution in [0.1, 0.15) is 26.3 Å². The Balaban J connectivity index is 1.47. The lowest BCUT2D eigenvalue weighted by molar-refractivity contribution is 0.0951. The molecule has 8 heteroatoms. The zero-order valence-corrected chi connectivity index (χ0v) is 19.5. The van der Waals surface area contributed by atoms with Gasteiger partial charge >= 0.3 is 0 Å². The first-order valence-corrected chi connectivity index (χ1v) is 12.3. The number of hydrogen-bond donors (Lipinski definition) is 3. The largest absolute Gasteiger partial charge is 0.348 e. The molecule has 4 aromatic rings. The number of carbonyl (C=O) groups excluding carboxylic acids is 2. The summed E-state index contributed by atoms with van der Waals surface area (Å²) < 4.78 is 27.7. The van der Waals surface area contributed by atoms with E-state index in [-0.39, 0.29) is 22.1 Å². The summed E-state index contributed by atoms with van der Waals surface area (Å²) in [7, 11) is -3.80. The van der Waals surface area contributed by atoms with Crippen molar-refractivity contribution in [3.8, 4) is 0 Å². The number of hydrogen-bond acceptors (Lipinski definition) is 4. The van der Waals surface area contributed by atoms with Crippen LogP contribution in [0.5, 0.6) is 0 Å². The van der Waals surface area contributed by atoms with Gasteiger partial charge in [-0.2, -0.15) is 0 Å². The molecule has 176 valence electrons. The predicted octanol–water partition coefficient (Wildman–Crippen LogP) is 4.67. The van der Waals surface area contributed by atoms with Gasteiger partial charge in [0, 0.05) is 17.8 Å². The highest BCUT2D eigenvalue weighted by molar-refractivity contribution is 7.92. The maximum absolute atomic E-state index is 12.9. The second-order valence-electron chi connectivity index (χ2n) is 7.67. The Bertz CT molecular complexity index is 1440. The smallest absolute Gasteiger partial charge is 0.261 e. The van der Waals surface area contributed by atoms with Gasteiger partial charge in [0.05, 0.1) is 16.1 Å². The van der Waals surface area contributed by atoms with E-state index in [1.165, 1.54) is 18.2 Å². The van der Waals surface area contributed by atoms with Crippen LogP contribution in [0.4, 0.5) is 11.4 Å². The SMILES string of the molecule is O=C(Nc1ccccc1C(=O)NCc1ccccc1)c1cccc(NS(=O)(=O)c2ccccc2)c1. The number of rotatable bonds is 8. The molecule has 0 saturated heterocycles. The number of para-hydroxylation sites is 1. The molecule has 0 atom stereocenters. The lowest BCUT2D eigenvalue weighted by atomic mass is 10.1. The molecule has 7 nitrogen and oxygen atoms in total. The fourth-order valence-corrected chi connectivity index (χ4v) is 4.47. The van der Waals surface area contributed by atoms with Crippen LogP contribution < -0.4 is 15.4 Å². The molecule has 0 unspecified atom stereocenters. The lowest BCUT2D eigenvalue weighted by Crippen LogP contribution is -2.25. The average Bonchev–Trinajstić information content (AvgIpc) is 2.88. The van der Waals surface area contributed by atoms with Crippen molar-refractivity contribution in [2.24, 2.45) is 0 Å². The van der Waals surface area contributed by atoms with E-state index in [4.69, 9.17) is 0 Å². The van der Waals surface area contributed by atoms with Crippen molar-refractivity contribution < 1.29 is 18.0 Å². The molecule has 4 rings (SSSR count). The predicted molar refractivity (Wildman–Crippen MR) is 136 cm³/mol. The summed E-state index contributed by atoms with van der Waals surface area (Å²) in [5, 5.41) is 5.60. The molecule has 0 bridgehead atoms. The van der Waals surface area contributed by atoms with E-state index in [1.807, 2.05) is 30.3 Å². The van der Waals surface area contributed by atoms with Gasteiger partial charge in [-0.15, -0.1) is 0 Å². The molecule has 0 aliphatic rings. The number of carbonyl (C=O) groups is 2. The molecule has 0 fully saturated rings. The molecular formula is C27H23N3O4S. The maximum atomic E-state index is 12.9. The van der Waals surface area contributed by atoms with Crippen molar-refractivity contribution in [2.45, 2.75) is 11.4 Å². The maximum Gasteiger partial charge on any atom is 0.261 e. The second kappa shape index (κ2) is 10.7. The number of sulfonamides is 1. The minimum Gasteiger partial charge on any atom is -0.348 e. The highest BCUT2D eigenvalue weighted by Gasteiger charge is 2.17. The van der Waals surface area contributed by atoms with Crippen LogP contribution in [-0.4, -0.2) is 20.2 Å². The van der Waals surface area contributed by atoms with Gasteiger partial charge in [0.1, 0.15) is 0 Å². The monoisotopic (exact) mass is 485 g/mol. The van der Waals surface area contributed by atoms with Crippen LogP contribution in [0.15, 0.2) is 114 Å². The summed E-state index contributed by atoms with van der Waals surface area (Å²) in [4.78, 5) is 25.8. The average molecular weight is 486 g/mol. The van der Waals surface area contributed by atoms with Crippen LogP contribution in [0, 0.1) is 0 Å². The van der Waals surface area contributed by atoms with Gasteiger partial charge < -0.3 is 10.6 Å². The van der Waals surface area contributed by atoms with Crippen LogP contribution in [-0.2, 0) is 16.6 Å². The van der Waals surface area contributed by atoms with Crippen LogP contribution in [0.3, 0.4) is 0 Å². The Kier molecular flexibility index (Phi) is 7.23. The number of amides is 2. The molecule has 2 amide bonds. The molecule has 0 aliphatic heterocycles. The third-order valence-corrected chi connectivity index (χ3v) is 6.54. The molecule has 0 aliphatic carbocycles. The number of benzene rings is 4. The third-order valence-electron chi connectivity index (χ3n) is 5.15. The summed E-state index contributed by atoms with van der Waals surface area (Å²) in [6.45, 7) is 0.353. The minimum atomic E-state index is -3.80. The third kappa shape index (κ3) is 6.13. The first kappa shape index (κ1) is 23.7. The van der Waals surface area contributed by atoms with E-state index in [0.29, 0.717) is 17.8 Å². The van der Waals surface area contributed by atoms with E-state index in [0.717, 1.165) is 5.56 Å². The van der Waals surface area contributed by atoms with Crippen LogP contribution >= 0.6 is 0 Å². The van der Waals surface area contributed by atoms with Crippen LogP contribution in [0.25, 0.3) is 0 Å². The van der Waals surface area contributed by atoms with Gasteiger partial charge in [0.25, 0.3) is 21.8 Å². The fraction of sp³-hybridized carbons (Fsp3) is 0.0370. The highest BCUT2D eigenvalue weighted by Crippen LogP contribution is 2.20. The van der Waals surface area contributed by atoms with E-state index in [2.05, 4.69) is 15.4 Å². The van der Waals surface area contributed by atoms with Gasteiger partial charge in [-0.05, 0) is 48.0 Å². The number of anilines is 2. The van der Waals surface area contributed by atoms with Crippen molar-refractivity contribution in [1.82, 2.24) is 5.32 Å². The Morgan fingerprint density at radius 3 is 2.09 bits per heavy atom. The van der Waals surface area contributed by atoms with Gasteiger partial charge in [0.2, 0.25) is 0 Å². The van der Waals surface area contributed by atoms with E-state index in [9.17, 15) is 18.0 Å². The summed E-state index contributed by atoms with van der Waals surface area (Å²) in [6.07, 6.45) is 0. The number of nitrogens with one attached hydrogen (secondary N) is 3.